The number of oxazole rings is 1. The highest BCUT2D eigenvalue weighted by atomic mass is 32.1. The number of benzene rings is 8. The largest absolute Gasteiger partial charge is 0.481 e. The van der Waals surface area contributed by atoms with Gasteiger partial charge < -0.3 is 18.9 Å². The van der Waals surface area contributed by atoms with Gasteiger partial charge in [-0.1, -0.05) is 164 Å². The molecule has 2 aliphatic rings. The predicted molar refractivity (Wildman–Crippen MR) is 284 cm³/mol. The minimum Gasteiger partial charge on any atom is -0.481 e. The van der Waals surface area contributed by atoms with Crippen LogP contribution in [0.1, 0.15) is 39.2 Å². The molecule has 0 radical (unpaired) electrons. The van der Waals surface area contributed by atoms with E-state index in [0.717, 1.165) is 103 Å². The van der Waals surface area contributed by atoms with Gasteiger partial charge in [-0.25, -0.2) is 9.97 Å². The Morgan fingerprint density at radius 3 is 2.16 bits per heavy atom. The van der Waals surface area contributed by atoms with E-state index >= 15 is 0 Å². The zero-order valence-electron chi connectivity index (χ0n) is 37.6. The Hall–Kier alpha value is -8.78. The summed E-state index contributed by atoms with van der Waals surface area (Å²) in [5.41, 5.74) is 7.03. The number of rotatable bonds is 8. The Balaban J connectivity index is 1.24. The highest BCUT2D eigenvalue weighted by Gasteiger charge is 2.60. The maximum absolute atomic E-state index is 8.08. The fraction of sp³-hybridized carbons (Fsp3) is 0.0476. The van der Waals surface area contributed by atoms with Crippen molar-refractivity contribution in [1.29, 1.82) is 0 Å². The summed E-state index contributed by atoms with van der Waals surface area (Å²) in [6.07, 6.45) is 7.24. The molecule has 0 saturated heterocycles. The minimum absolute atomic E-state index is 0.485. The van der Waals surface area contributed by atoms with Crippen LogP contribution in [-0.4, -0.2) is 21.1 Å². The lowest BCUT2D eigenvalue weighted by atomic mass is 9.59. The number of nitrogens with one attached hydrogen (secondary N) is 1. The van der Waals surface area contributed by atoms with Gasteiger partial charge in [-0.05, 0) is 92.7 Å². The number of aromatic amines is 1. The van der Waals surface area contributed by atoms with Gasteiger partial charge in [0.1, 0.15) is 29.6 Å². The van der Waals surface area contributed by atoms with E-state index in [1.807, 2.05) is 6.07 Å². The molecular weight excluding hydrogens is 879 g/mol. The number of aromatic nitrogens is 3. The summed E-state index contributed by atoms with van der Waals surface area (Å²) >= 11 is 1.74. The summed E-state index contributed by atoms with van der Waals surface area (Å²) in [5.74, 6) is 2.03. The van der Waals surface area contributed by atoms with Crippen LogP contribution in [0.3, 0.4) is 0 Å². The molecule has 3 unspecified atom stereocenters. The Morgan fingerprint density at radius 1 is 0.600 bits per heavy atom. The lowest BCUT2D eigenvalue weighted by Crippen LogP contribution is -2.46. The predicted octanol–water partition coefficient (Wildman–Crippen LogP) is 15.7. The van der Waals surface area contributed by atoms with E-state index in [0.29, 0.717) is 17.4 Å². The third-order valence-corrected chi connectivity index (χ3v) is 15.4. The van der Waals surface area contributed by atoms with Gasteiger partial charge in [0.05, 0.1) is 23.3 Å². The first-order valence-corrected chi connectivity index (χ1v) is 24.4. The second-order valence-electron chi connectivity index (χ2n) is 18.0. The molecule has 6 nitrogen and oxygen atoms in total. The van der Waals surface area contributed by atoms with Gasteiger partial charge in [-0.2, -0.15) is 0 Å². The first-order chi connectivity index (χ1) is 34.7. The Morgan fingerprint density at radius 2 is 1.31 bits per heavy atom. The monoisotopic (exact) mass is 919 g/mol. The summed E-state index contributed by atoms with van der Waals surface area (Å²) in [6.45, 7) is 0. The maximum atomic E-state index is 8.08. The van der Waals surface area contributed by atoms with Crippen LogP contribution in [0.15, 0.2) is 241 Å². The van der Waals surface area contributed by atoms with Crippen molar-refractivity contribution >= 4 is 82.0 Å². The van der Waals surface area contributed by atoms with E-state index in [-0.39, 0.29) is 0 Å². The van der Waals surface area contributed by atoms with E-state index in [2.05, 4.69) is 217 Å². The molecule has 14 rings (SSSR count). The van der Waals surface area contributed by atoms with Crippen LogP contribution in [0.5, 0.6) is 11.5 Å². The van der Waals surface area contributed by atoms with Crippen molar-refractivity contribution in [1.82, 2.24) is 15.0 Å². The number of allylic oxidation sites excluding steroid dienone is 3. The van der Waals surface area contributed by atoms with Crippen molar-refractivity contribution in [3.8, 4) is 11.5 Å². The molecule has 0 spiro atoms. The normalized spacial score (nSPS) is 18.0. The van der Waals surface area contributed by atoms with Gasteiger partial charge in [0.25, 0.3) is 0 Å². The van der Waals surface area contributed by atoms with Crippen molar-refractivity contribution in [3.63, 3.8) is 0 Å². The third kappa shape index (κ3) is 6.32. The zero-order chi connectivity index (χ0) is 46.2. The number of pyridine rings is 1. The van der Waals surface area contributed by atoms with E-state index in [1.54, 1.807) is 23.8 Å². The molecule has 0 fully saturated rings. The van der Waals surface area contributed by atoms with Crippen LogP contribution in [-0.2, 0) is 5.41 Å². The number of nitrogens with zero attached hydrogens (tertiary/aromatic N) is 2. The fourth-order valence-corrected chi connectivity index (χ4v) is 12.3. The van der Waals surface area contributed by atoms with Crippen LogP contribution in [0.25, 0.3) is 70.7 Å². The molecular formula is C63H41N3O3S. The molecule has 12 aromatic rings. The number of fused-ring (bicyclic) bond motifs is 6. The van der Waals surface area contributed by atoms with Gasteiger partial charge >= 0.3 is 0 Å². The number of hydrogen-bond acceptors (Lipinski definition) is 6. The molecule has 332 valence electrons. The molecule has 3 atom stereocenters. The highest BCUT2D eigenvalue weighted by Crippen LogP contribution is 2.64. The van der Waals surface area contributed by atoms with Crippen molar-refractivity contribution in [2.24, 2.45) is 0 Å². The fourth-order valence-electron chi connectivity index (χ4n) is 11.1. The number of H-pyrrole nitrogens is 1. The molecule has 1 N–H and O–H groups in total. The Bertz CT molecular complexity index is 4040. The van der Waals surface area contributed by atoms with Gasteiger partial charge in [0, 0.05) is 48.3 Å². The van der Waals surface area contributed by atoms with Gasteiger partial charge in [0.2, 0.25) is 5.89 Å². The van der Waals surface area contributed by atoms with Crippen molar-refractivity contribution < 1.29 is 13.9 Å². The first kappa shape index (κ1) is 40.3. The minimum atomic E-state index is -1.30. The number of hydrogen-bond donors (Lipinski definition) is 1. The topological polar surface area (TPSA) is 73.2 Å². The van der Waals surface area contributed by atoms with E-state index < -0.39 is 17.4 Å². The zero-order valence-corrected chi connectivity index (χ0v) is 38.4. The molecule has 1 aliphatic carbocycles. The van der Waals surface area contributed by atoms with Gasteiger partial charge in [-0.3, -0.25) is 0 Å². The van der Waals surface area contributed by atoms with E-state index in [9.17, 15) is 0 Å². The molecule has 70 heavy (non-hydrogen) atoms. The molecule has 8 aromatic carbocycles. The summed E-state index contributed by atoms with van der Waals surface area (Å²) in [4.78, 5) is 15.9. The van der Waals surface area contributed by atoms with E-state index in [4.69, 9.17) is 23.9 Å². The maximum Gasteiger partial charge on any atom is 0.214 e. The summed E-state index contributed by atoms with van der Waals surface area (Å²) < 4.78 is 23.6. The molecule has 0 saturated carbocycles. The average molecular weight is 920 g/mol. The Kier molecular flexibility index (Phi) is 9.32. The van der Waals surface area contributed by atoms with Gasteiger partial charge in [0.15, 0.2) is 5.41 Å². The summed E-state index contributed by atoms with van der Waals surface area (Å²) in [6, 6.07) is 72.4. The lowest BCUT2D eigenvalue weighted by molar-refractivity contribution is 0.236. The first-order valence-electron chi connectivity index (χ1n) is 23.6. The molecule has 0 amide bonds. The molecule has 0 bridgehead atoms. The number of thiophene rings is 1. The second kappa shape index (κ2) is 16.2. The quantitative estimate of drug-likeness (QED) is 0.164. The van der Waals surface area contributed by atoms with E-state index in [1.165, 1.54) is 0 Å². The van der Waals surface area contributed by atoms with Crippen molar-refractivity contribution in [3.05, 3.63) is 269 Å². The summed E-state index contributed by atoms with van der Waals surface area (Å²) in [7, 11) is 0. The van der Waals surface area contributed by atoms with Crippen molar-refractivity contribution in [2.75, 3.05) is 0 Å². The number of para-hydroxylation sites is 3. The van der Waals surface area contributed by atoms with Crippen LogP contribution in [0, 0.1) is 0 Å². The van der Waals surface area contributed by atoms with Crippen LogP contribution in [0.2, 0.25) is 0 Å². The SMILES string of the molecule is C1=CC(C2=C(c3ccc4ccccc4n3)C(c3cccc4ccccc34)=C(Oc3cccc4ccccc34)C(c3ncco3)(c3cc4ccccc4s3)C2c2cc3ccccc3[nH]2)Oc2ccccc21. The molecule has 1 aliphatic heterocycles. The second-order valence-corrected chi connectivity index (χ2v) is 19.1. The van der Waals surface area contributed by atoms with Crippen molar-refractivity contribution in [2.45, 2.75) is 17.4 Å². The Labute approximate surface area is 407 Å². The highest BCUT2D eigenvalue weighted by molar-refractivity contribution is 7.19. The van der Waals surface area contributed by atoms with Crippen LogP contribution < -0.4 is 9.47 Å². The lowest BCUT2D eigenvalue weighted by Gasteiger charge is -2.47. The summed E-state index contributed by atoms with van der Waals surface area (Å²) in [5, 5.41) is 7.41. The third-order valence-electron chi connectivity index (χ3n) is 14.1. The van der Waals surface area contributed by atoms with Crippen LogP contribution in [0.4, 0.5) is 0 Å². The average Bonchev–Trinajstić information content (AvgIpc) is 4.22. The molecule has 5 heterocycles. The standard InChI is InChI=1S/C63H41N3O3S/c1-7-23-45-39(15-1)21-13-25-47(45)57-58(50-33-31-41-17-3-9-26-48(41)65-50)59(54-34-32-42-18-5-11-28-52(42)68-54)60(51-37-43-19-4-10-27-49(43)66-51)63(62-64-35-36-67-62,56-38-44-20-6-12-30-55(44)70-56)61(57)69-53-29-14-22-40-16-2-8-24-46(40)53/h1-38,54,60,66H. The number of ether oxygens (including phenoxy) is 2. The molecule has 4 aromatic heterocycles. The van der Waals surface area contributed by atoms with Crippen LogP contribution >= 0.6 is 11.3 Å². The molecule has 7 heteroatoms. The smallest absolute Gasteiger partial charge is 0.214 e. The van der Waals surface area contributed by atoms with Gasteiger partial charge in [-0.15, -0.1) is 11.3 Å².